The van der Waals surface area contributed by atoms with Gasteiger partial charge in [-0.25, -0.2) is 4.39 Å². The molecule has 0 spiro atoms. The Kier molecular flexibility index (Phi) is 5.71. The number of hydrogen-bond donors (Lipinski definition) is 0. The summed E-state index contributed by atoms with van der Waals surface area (Å²) in [4.78, 5) is 0. The second kappa shape index (κ2) is 7.96. The van der Waals surface area contributed by atoms with Crippen LogP contribution in [0.3, 0.4) is 0 Å². The lowest BCUT2D eigenvalue weighted by Crippen LogP contribution is -2.13. The highest BCUT2D eigenvalue weighted by molar-refractivity contribution is 5.34. The molecule has 0 saturated heterocycles. The second-order valence-electron chi connectivity index (χ2n) is 7.45. The van der Waals surface area contributed by atoms with E-state index >= 15 is 0 Å². The summed E-state index contributed by atoms with van der Waals surface area (Å²) in [6.07, 6.45) is 8.21. The van der Waals surface area contributed by atoms with E-state index in [2.05, 4.69) is 38.1 Å². The van der Waals surface area contributed by atoms with Crippen LogP contribution in [-0.2, 0) is 0 Å². The van der Waals surface area contributed by atoms with Gasteiger partial charge < -0.3 is 0 Å². The molecule has 1 aliphatic rings. The van der Waals surface area contributed by atoms with Crippen molar-refractivity contribution in [3.05, 3.63) is 71.0 Å². The molecule has 0 amide bonds. The van der Waals surface area contributed by atoms with Crippen LogP contribution in [0.1, 0.15) is 80.9 Å². The van der Waals surface area contributed by atoms with Gasteiger partial charge in [0, 0.05) is 5.92 Å². The van der Waals surface area contributed by atoms with Crippen molar-refractivity contribution in [3.63, 3.8) is 0 Å². The molecule has 2 aromatic rings. The summed E-state index contributed by atoms with van der Waals surface area (Å²) in [5.74, 6) is 1.84. The van der Waals surface area contributed by atoms with Crippen molar-refractivity contribution >= 4 is 0 Å². The fourth-order valence-electron chi connectivity index (χ4n) is 4.19. The Bertz CT molecular complexity index is 618. The van der Waals surface area contributed by atoms with E-state index in [1.54, 1.807) is 12.1 Å². The van der Waals surface area contributed by atoms with E-state index in [1.165, 1.54) is 55.2 Å². The molecular weight excluding hydrogens is 295 g/mol. The van der Waals surface area contributed by atoms with Gasteiger partial charge in [0.25, 0.3) is 0 Å². The zero-order valence-electron chi connectivity index (χ0n) is 15.0. The van der Waals surface area contributed by atoms with Gasteiger partial charge in [-0.15, -0.1) is 0 Å². The molecule has 0 radical (unpaired) electrons. The molecule has 0 N–H and O–H groups in total. The van der Waals surface area contributed by atoms with Crippen LogP contribution >= 0.6 is 0 Å². The van der Waals surface area contributed by atoms with E-state index in [0.29, 0.717) is 5.92 Å². The SMILES string of the molecule is CCCC1CCC(c2ccc(C(C)c3ccc(F)cc3)cc2)CC1. The lowest BCUT2D eigenvalue weighted by atomic mass is 9.77. The summed E-state index contributed by atoms with van der Waals surface area (Å²) in [5.41, 5.74) is 3.98. The van der Waals surface area contributed by atoms with E-state index in [9.17, 15) is 4.39 Å². The zero-order valence-corrected chi connectivity index (χ0v) is 15.0. The highest BCUT2D eigenvalue weighted by Gasteiger charge is 2.21. The monoisotopic (exact) mass is 324 g/mol. The first-order valence-corrected chi connectivity index (χ1v) is 9.52. The third kappa shape index (κ3) is 4.06. The van der Waals surface area contributed by atoms with Gasteiger partial charge >= 0.3 is 0 Å². The number of halogens is 1. The van der Waals surface area contributed by atoms with E-state index in [1.807, 2.05) is 12.1 Å². The van der Waals surface area contributed by atoms with Crippen molar-refractivity contribution in [2.75, 3.05) is 0 Å². The molecule has 0 aromatic heterocycles. The van der Waals surface area contributed by atoms with Crippen LogP contribution in [-0.4, -0.2) is 0 Å². The van der Waals surface area contributed by atoms with Crippen molar-refractivity contribution in [2.45, 2.75) is 64.2 Å². The third-order valence-electron chi connectivity index (χ3n) is 5.82. The van der Waals surface area contributed by atoms with Crippen molar-refractivity contribution in [1.82, 2.24) is 0 Å². The van der Waals surface area contributed by atoms with Gasteiger partial charge in [-0.1, -0.05) is 63.1 Å². The quantitative estimate of drug-likeness (QED) is 0.552. The average Bonchev–Trinajstić information content (AvgIpc) is 2.63. The minimum absolute atomic E-state index is 0.167. The van der Waals surface area contributed by atoms with Gasteiger partial charge in [-0.2, -0.15) is 0 Å². The normalized spacial score (nSPS) is 22.3. The van der Waals surface area contributed by atoms with E-state index in [-0.39, 0.29) is 5.82 Å². The predicted molar refractivity (Wildman–Crippen MR) is 100.0 cm³/mol. The Balaban J connectivity index is 1.64. The fourth-order valence-corrected chi connectivity index (χ4v) is 4.19. The summed E-state index contributed by atoms with van der Waals surface area (Å²) in [5, 5.41) is 0. The van der Waals surface area contributed by atoms with E-state index in [0.717, 1.165) is 11.8 Å². The van der Waals surface area contributed by atoms with Crippen LogP contribution < -0.4 is 0 Å². The number of benzene rings is 2. The predicted octanol–water partition coefficient (Wildman–Crippen LogP) is 7.05. The molecule has 3 rings (SSSR count). The topological polar surface area (TPSA) is 0 Å². The second-order valence-corrected chi connectivity index (χ2v) is 7.45. The molecule has 0 bridgehead atoms. The molecule has 1 fully saturated rings. The molecule has 1 aliphatic carbocycles. The van der Waals surface area contributed by atoms with E-state index < -0.39 is 0 Å². The first kappa shape index (κ1) is 17.2. The first-order valence-electron chi connectivity index (χ1n) is 9.52. The molecule has 128 valence electrons. The minimum Gasteiger partial charge on any atom is -0.207 e. The van der Waals surface area contributed by atoms with Crippen LogP contribution in [0.25, 0.3) is 0 Å². The van der Waals surface area contributed by atoms with Crippen molar-refractivity contribution in [2.24, 2.45) is 5.92 Å². The van der Waals surface area contributed by atoms with Crippen molar-refractivity contribution in [1.29, 1.82) is 0 Å². The molecule has 2 aromatic carbocycles. The molecule has 0 heterocycles. The smallest absolute Gasteiger partial charge is 0.123 e. The van der Waals surface area contributed by atoms with Gasteiger partial charge in [-0.05, 0) is 66.3 Å². The number of rotatable bonds is 5. The van der Waals surface area contributed by atoms with Gasteiger partial charge in [0.15, 0.2) is 0 Å². The molecule has 24 heavy (non-hydrogen) atoms. The molecule has 1 unspecified atom stereocenters. The van der Waals surface area contributed by atoms with Crippen molar-refractivity contribution in [3.8, 4) is 0 Å². The third-order valence-corrected chi connectivity index (χ3v) is 5.82. The van der Waals surface area contributed by atoms with Gasteiger partial charge in [0.1, 0.15) is 5.82 Å². The van der Waals surface area contributed by atoms with Crippen LogP contribution in [0.15, 0.2) is 48.5 Å². The summed E-state index contributed by atoms with van der Waals surface area (Å²) in [7, 11) is 0. The Hall–Kier alpha value is -1.63. The molecule has 1 saturated carbocycles. The maximum absolute atomic E-state index is 13.1. The molecular formula is C23H29F. The number of hydrogen-bond acceptors (Lipinski definition) is 0. The minimum atomic E-state index is -0.167. The van der Waals surface area contributed by atoms with Gasteiger partial charge in [-0.3, -0.25) is 0 Å². The molecule has 0 aliphatic heterocycles. The van der Waals surface area contributed by atoms with E-state index in [4.69, 9.17) is 0 Å². The lowest BCUT2D eigenvalue weighted by molar-refractivity contribution is 0.308. The molecule has 0 nitrogen and oxygen atoms in total. The van der Waals surface area contributed by atoms with Crippen LogP contribution in [0.4, 0.5) is 4.39 Å². The summed E-state index contributed by atoms with van der Waals surface area (Å²) < 4.78 is 13.1. The molecule has 1 heteroatoms. The first-order chi connectivity index (χ1) is 11.7. The maximum atomic E-state index is 13.1. The van der Waals surface area contributed by atoms with Gasteiger partial charge in [0.2, 0.25) is 0 Å². The lowest BCUT2D eigenvalue weighted by Gasteiger charge is -2.28. The Morgan fingerprint density at radius 2 is 1.42 bits per heavy atom. The van der Waals surface area contributed by atoms with Crippen LogP contribution in [0.5, 0.6) is 0 Å². The Morgan fingerprint density at radius 1 is 0.875 bits per heavy atom. The largest absolute Gasteiger partial charge is 0.207 e. The van der Waals surface area contributed by atoms with Crippen molar-refractivity contribution < 1.29 is 4.39 Å². The van der Waals surface area contributed by atoms with Crippen LogP contribution in [0.2, 0.25) is 0 Å². The highest BCUT2D eigenvalue weighted by Crippen LogP contribution is 2.38. The average molecular weight is 324 g/mol. The molecule has 1 atom stereocenters. The zero-order chi connectivity index (χ0) is 16.9. The highest BCUT2D eigenvalue weighted by atomic mass is 19.1. The summed E-state index contributed by atoms with van der Waals surface area (Å²) in [6, 6.07) is 16.1. The standard InChI is InChI=1S/C23H29F/c1-3-4-18-5-7-21(8-6-18)22-11-9-19(10-12-22)17(2)20-13-15-23(24)16-14-20/h9-18,21H,3-8H2,1-2H3. The summed E-state index contributed by atoms with van der Waals surface area (Å²) in [6.45, 7) is 4.49. The summed E-state index contributed by atoms with van der Waals surface area (Å²) >= 11 is 0. The fraction of sp³-hybridized carbons (Fsp3) is 0.478. The Morgan fingerprint density at radius 3 is 1.96 bits per heavy atom. The Labute approximate surface area is 146 Å². The van der Waals surface area contributed by atoms with Crippen LogP contribution in [0, 0.1) is 11.7 Å². The van der Waals surface area contributed by atoms with Gasteiger partial charge in [0.05, 0.1) is 0 Å². The maximum Gasteiger partial charge on any atom is 0.123 e.